The molecule has 2 bridgehead atoms. The van der Waals surface area contributed by atoms with Crippen molar-refractivity contribution in [1.29, 1.82) is 5.26 Å². The highest BCUT2D eigenvalue weighted by Crippen LogP contribution is 2.36. The fourth-order valence-electron chi connectivity index (χ4n) is 3.37. The first-order valence-electron chi connectivity index (χ1n) is 7.25. The van der Waals surface area contributed by atoms with Crippen LogP contribution in [-0.4, -0.2) is 29.1 Å². The van der Waals surface area contributed by atoms with Crippen LogP contribution in [-0.2, 0) is 6.54 Å². The van der Waals surface area contributed by atoms with Crippen molar-refractivity contribution in [1.82, 2.24) is 15.5 Å². The molecule has 7 heteroatoms. The van der Waals surface area contributed by atoms with Gasteiger partial charge < -0.3 is 15.5 Å². The molecule has 2 aliphatic heterocycles. The third-order valence-electron chi connectivity index (χ3n) is 4.42. The monoisotopic (exact) mass is 338 g/mol. The van der Waals surface area contributed by atoms with Gasteiger partial charge in [-0.15, -0.1) is 0 Å². The van der Waals surface area contributed by atoms with Gasteiger partial charge >= 0.3 is 6.03 Å². The average molecular weight is 339 g/mol. The summed E-state index contributed by atoms with van der Waals surface area (Å²) >= 11 is 12.0. The van der Waals surface area contributed by atoms with E-state index < -0.39 is 0 Å². The zero-order chi connectivity index (χ0) is 15.7. The van der Waals surface area contributed by atoms with Crippen molar-refractivity contribution in [2.75, 3.05) is 0 Å². The zero-order valence-electron chi connectivity index (χ0n) is 11.9. The van der Waals surface area contributed by atoms with Gasteiger partial charge in [-0.1, -0.05) is 23.2 Å². The van der Waals surface area contributed by atoms with Gasteiger partial charge in [0, 0.05) is 22.6 Å². The van der Waals surface area contributed by atoms with Gasteiger partial charge in [0.15, 0.2) is 6.19 Å². The van der Waals surface area contributed by atoms with Crippen molar-refractivity contribution in [3.8, 4) is 6.19 Å². The predicted molar refractivity (Wildman–Crippen MR) is 84.5 cm³/mol. The minimum absolute atomic E-state index is 0.0354. The van der Waals surface area contributed by atoms with Gasteiger partial charge in [-0.05, 0) is 43.0 Å². The smallest absolute Gasteiger partial charge is 0.315 e. The van der Waals surface area contributed by atoms with Gasteiger partial charge in [0.1, 0.15) is 0 Å². The number of nitrogens with zero attached hydrogens (tertiary/aromatic N) is 2. The van der Waals surface area contributed by atoms with Gasteiger partial charge in [-0.2, -0.15) is 5.26 Å². The SMILES string of the molecule is N#CN1[C@H]2CC[C@@H]1[C@H](NC(=O)NCc1cc(Cl)ccc1Cl)C2. The molecule has 0 aliphatic carbocycles. The zero-order valence-corrected chi connectivity index (χ0v) is 13.4. The van der Waals surface area contributed by atoms with Crippen LogP contribution in [0.15, 0.2) is 18.2 Å². The number of fused-ring (bicyclic) bond motifs is 2. The van der Waals surface area contributed by atoms with Crippen LogP contribution >= 0.6 is 23.2 Å². The van der Waals surface area contributed by atoms with Crippen LogP contribution in [0.1, 0.15) is 24.8 Å². The van der Waals surface area contributed by atoms with Crippen molar-refractivity contribution in [2.24, 2.45) is 0 Å². The molecule has 2 amide bonds. The third kappa shape index (κ3) is 2.94. The fourth-order valence-corrected chi connectivity index (χ4v) is 3.75. The molecule has 116 valence electrons. The van der Waals surface area contributed by atoms with Crippen LogP contribution in [0, 0.1) is 11.5 Å². The summed E-state index contributed by atoms with van der Waals surface area (Å²) < 4.78 is 0. The predicted octanol–water partition coefficient (Wildman–Crippen LogP) is 2.88. The quantitative estimate of drug-likeness (QED) is 0.832. The van der Waals surface area contributed by atoms with Gasteiger partial charge in [0.2, 0.25) is 0 Å². The number of hydrogen-bond acceptors (Lipinski definition) is 3. The Morgan fingerprint density at radius 3 is 2.95 bits per heavy atom. The number of rotatable bonds is 3. The Balaban J connectivity index is 1.54. The lowest BCUT2D eigenvalue weighted by Gasteiger charge is -2.22. The summed E-state index contributed by atoms with van der Waals surface area (Å²) in [6.07, 6.45) is 5.07. The number of carbonyl (C=O) groups excluding carboxylic acids is 1. The minimum Gasteiger partial charge on any atom is -0.334 e. The number of nitriles is 1. The van der Waals surface area contributed by atoms with E-state index in [1.807, 2.05) is 4.90 Å². The molecule has 0 unspecified atom stereocenters. The highest BCUT2D eigenvalue weighted by atomic mass is 35.5. The topological polar surface area (TPSA) is 68.2 Å². The first kappa shape index (κ1) is 15.3. The molecule has 1 aromatic rings. The Morgan fingerprint density at radius 2 is 2.23 bits per heavy atom. The number of urea groups is 1. The second-order valence-corrected chi connectivity index (χ2v) is 6.55. The standard InChI is InChI=1S/C15H16Cl2N4O/c16-10-1-3-12(17)9(5-10)7-19-15(22)20-13-6-11-2-4-14(13)21(11)8-18/h1,3,5,11,13-14H,2,4,6-7H2,(H2,19,20,22)/t11-,13+,14+/m0/s1. The van der Waals surface area contributed by atoms with Crippen LogP contribution in [0.4, 0.5) is 4.79 Å². The van der Waals surface area contributed by atoms with Crippen molar-refractivity contribution >= 4 is 29.2 Å². The summed E-state index contributed by atoms with van der Waals surface area (Å²) in [4.78, 5) is 13.9. The molecule has 2 saturated heterocycles. The lowest BCUT2D eigenvalue weighted by molar-refractivity contribution is 0.232. The molecular weight excluding hydrogens is 323 g/mol. The summed E-state index contributed by atoms with van der Waals surface area (Å²) in [6, 6.07) is 5.36. The van der Waals surface area contributed by atoms with Crippen LogP contribution in [0.25, 0.3) is 0 Å². The first-order chi connectivity index (χ1) is 10.6. The van der Waals surface area contributed by atoms with E-state index in [4.69, 9.17) is 28.5 Å². The first-order valence-corrected chi connectivity index (χ1v) is 8.00. The van der Waals surface area contributed by atoms with Crippen molar-refractivity contribution < 1.29 is 4.79 Å². The summed E-state index contributed by atoms with van der Waals surface area (Å²) in [5.41, 5.74) is 0.774. The van der Waals surface area contributed by atoms with Crippen LogP contribution in [0.2, 0.25) is 10.0 Å². The Morgan fingerprint density at radius 1 is 1.41 bits per heavy atom. The Hall–Kier alpha value is -1.64. The van der Waals surface area contributed by atoms with Crippen molar-refractivity contribution in [2.45, 2.75) is 43.9 Å². The van der Waals surface area contributed by atoms with Crippen molar-refractivity contribution in [3.63, 3.8) is 0 Å². The fraction of sp³-hybridized carbons (Fsp3) is 0.467. The molecule has 0 saturated carbocycles. The highest BCUT2D eigenvalue weighted by Gasteiger charge is 2.46. The molecule has 0 aromatic heterocycles. The maximum atomic E-state index is 12.0. The van der Waals surface area contributed by atoms with Crippen molar-refractivity contribution in [3.05, 3.63) is 33.8 Å². The third-order valence-corrected chi connectivity index (χ3v) is 5.02. The van der Waals surface area contributed by atoms with E-state index in [-0.39, 0.29) is 24.2 Å². The summed E-state index contributed by atoms with van der Waals surface area (Å²) in [6.45, 7) is 0.313. The van der Waals surface area contributed by atoms with Crippen LogP contribution in [0.5, 0.6) is 0 Å². The maximum absolute atomic E-state index is 12.0. The second kappa shape index (κ2) is 6.23. The molecule has 22 heavy (non-hydrogen) atoms. The molecule has 5 nitrogen and oxygen atoms in total. The summed E-state index contributed by atoms with van der Waals surface area (Å²) in [7, 11) is 0. The average Bonchev–Trinajstić information content (AvgIpc) is 3.04. The Kier molecular flexibility index (Phi) is 4.32. The normalized spacial score (nSPS) is 25.9. The number of nitrogens with one attached hydrogen (secondary N) is 2. The van der Waals surface area contributed by atoms with Gasteiger partial charge in [-0.3, -0.25) is 0 Å². The van der Waals surface area contributed by atoms with E-state index >= 15 is 0 Å². The molecule has 3 rings (SSSR count). The number of hydrogen-bond donors (Lipinski definition) is 2. The lowest BCUT2D eigenvalue weighted by atomic mass is 9.96. The number of benzene rings is 1. The van der Waals surface area contributed by atoms with E-state index in [2.05, 4.69) is 16.8 Å². The lowest BCUT2D eigenvalue weighted by Crippen LogP contribution is -2.47. The number of halogens is 2. The molecule has 0 spiro atoms. The molecule has 1 aromatic carbocycles. The Bertz CT molecular complexity index is 630. The molecule has 2 heterocycles. The summed E-state index contributed by atoms with van der Waals surface area (Å²) in [5, 5.41) is 16.0. The molecule has 2 N–H and O–H groups in total. The molecule has 0 radical (unpaired) electrons. The maximum Gasteiger partial charge on any atom is 0.315 e. The molecule has 3 atom stereocenters. The van der Waals surface area contributed by atoms with Gasteiger partial charge in [0.25, 0.3) is 0 Å². The molecule has 2 fully saturated rings. The van der Waals surface area contributed by atoms with Gasteiger partial charge in [-0.25, -0.2) is 4.79 Å². The minimum atomic E-state index is -0.244. The Labute approximate surface area is 139 Å². The van der Waals surface area contributed by atoms with E-state index in [1.54, 1.807) is 18.2 Å². The van der Waals surface area contributed by atoms with E-state index in [1.165, 1.54) is 0 Å². The highest BCUT2D eigenvalue weighted by molar-refractivity contribution is 6.33. The van der Waals surface area contributed by atoms with E-state index in [0.29, 0.717) is 16.6 Å². The summed E-state index contributed by atoms with van der Waals surface area (Å²) in [5.74, 6) is 0. The second-order valence-electron chi connectivity index (χ2n) is 5.71. The van der Waals surface area contributed by atoms with E-state index in [0.717, 1.165) is 24.8 Å². The van der Waals surface area contributed by atoms with Crippen LogP contribution < -0.4 is 10.6 Å². The largest absolute Gasteiger partial charge is 0.334 e. The van der Waals surface area contributed by atoms with E-state index in [9.17, 15) is 4.79 Å². The number of carbonyl (C=O) groups is 1. The van der Waals surface area contributed by atoms with Gasteiger partial charge in [0.05, 0.1) is 12.1 Å². The molecule has 2 aliphatic rings. The van der Waals surface area contributed by atoms with Crippen LogP contribution in [0.3, 0.4) is 0 Å². The molecular formula is C15H16Cl2N4O. The number of amides is 2.